The Hall–Kier alpha value is -0.150. The Labute approximate surface area is 66.1 Å². The van der Waals surface area contributed by atoms with E-state index in [-0.39, 0.29) is 5.41 Å². The molecular formula is C8H14FNO. The van der Waals surface area contributed by atoms with Gasteiger partial charge in [-0.25, -0.2) is 4.39 Å². The molecule has 64 valence electrons. The molecule has 2 atom stereocenters. The van der Waals surface area contributed by atoms with Gasteiger partial charge in [0.25, 0.3) is 0 Å². The Morgan fingerprint density at radius 3 is 3.00 bits per heavy atom. The molecule has 2 aliphatic rings. The molecule has 0 aromatic carbocycles. The normalized spacial score (nSPS) is 45.0. The summed E-state index contributed by atoms with van der Waals surface area (Å²) >= 11 is 0. The highest BCUT2D eigenvalue weighted by atomic mass is 19.1. The first-order chi connectivity index (χ1) is 5.33. The highest BCUT2D eigenvalue weighted by Crippen LogP contribution is 2.38. The fraction of sp³-hybridized carbons (Fsp3) is 1.00. The third-order valence-electron chi connectivity index (χ3n) is 2.95. The van der Waals surface area contributed by atoms with Crippen LogP contribution in [-0.4, -0.2) is 32.5 Å². The summed E-state index contributed by atoms with van der Waals surface area (Å²) in [6.07, 6.45) is 1.13. The molecule has 2 unspecified atom stereocenters. The van der Waals surface area contributed by atoms with Crippen molar-refractivity contribution in [1.82, 2.24) is 5.32 Å². The van der Waals surface area contributed by atoms with Crippen LogP contribution in [0.3, 0.4) is 0 Å². The Morgan fingerprint density at radius 2 is 2.36 bits per heavy atom. The van der Waals surface area contributed by atoms with Crippen molar-refractivity contribution >= 4 is 0 Å². The summed E-state index contributed by atoms with van der Waals surface area (Å²) < 4.78 is 18.4. The van der Waals surface area contributed by atoms with Crippen molar-refractivity contribution in [2.24, 2.45) is 5.41 Å². The van der Waals surface area contributed by atoms with Crippen LogP contribution in [0.15, 0.2) is 0 Å². The number of ether oxygens (including phenoxy) is 1. The van der Waals surface area contributed by atoms with Gasteiger partial charge >= 0.3 is 0 Å². The lowest BCUT2D eigenvalue weighted by Crippen LogP contribution is -2.42. The van der Waals surface area contributed by atoms with E-state index in [1.54, 1.807) is 0 Å². The molecule has 0 bridgehead atoms. The predicted octanol–water partition coefficient (Wildman–Crippen LogP) is 0.724. The van der Waals surface area contributed by atoms with Gasteiger partial charge in [0.15, 0.2) is 0 Å². The number of nitrogens with one attached hydrogen (secondary N) is 1. The van der Waals surface area contributed by atoms with Gasteiger partial charge in [0.1, 0.15) is 6.17 Å². The third-order valence-corrected chi connectivity index (χ3v) is 2.95. The van der Waals surface area contributed by atoms with Gasteiger partial charge in [-0.05, 0) is 19.4 Å². The van der Waals surface area contributed by atoms with Crippen molar-refractivity contribution in [3.8, 4) is 0 Å². The molecule has 3 heteroatoms. The molecule has 0 amide bonds. The molecule has 2 aliphatic heterocycles. The maximum atomic E-state index is 13.4. The Balaban J connectivity index is 2.07. The van der Waals surface area contributed by atoms with Crippen LogP contribution in [-0.2, 0) is 4.74 Å². The van der Waals surface area contributed by atoms with Crippen molar-refractivity contribution in [3.63, 3.8) is 0 Å². The fourth-order valence-electron chi connectivity index (χ4n) is 2.04. The van der Waals surface area contributed by atoms with Crippen LogP contribution >= 0.6 is 0 Å². The Kier molecular flexibility index (Phi) is 1.85. The highest BCUT2D eigenvalue weighted by molar-refractivity contribution is 4.95. The predicted molar refractivity (Wildman–Crippen MR) is 40.3 cm³/mol. The highest BCUT2D eigenvalue weighted by Gasteiger charge is 2.43. The molecule has 2 saturated heterocycles. The number of hydrogen-bond acceptors (Lipinski definition) is 2. The molecule has 0 aromatic rings. The van der Waals surface area contributed by atoms with Gasteiger partial charge in [0, 0.05) is 18.6 Å². The smallest absolute Gasteiger partial charge is 0.130 e. The van der Waals surface area contributed by atoms with E-state index in [0.717, 1.165) is 32.5 Å². The average molecular weight is 159 g/mol. The summed E-state index contributed by atoms with van der Waals surface area (Å²) in [5.41, 5.74) is -0.0712. The second-order valence-corrected chi connectivity index (χ2v) is 3.58. The van der Waals surface area contributed by atoms with Crippen LogP contribution in [0.2, 0.25) is 0 Å². The van der Waals surface area contributed by atoms with Crippen LogP contribution < -0.4 is 5.32 Å². The second kappa shape index (κ2) is 2.72. The standard InChI is InChI=1S/C8H14FNO/c9-7-5-11-4-2-8(7)1-3-10-6-8/h7,10H,1-6H2. The molecule has 0 aromatic heterocycles. The molecule has 2 fully saturated rings. The van der Waals surface area contributed by atoms with Crippen molar-refractivity contribution in [2.45, 2.75) is 19.0 Å². The summed E-state index contributed by atoms with van der Waals surface area (Å²) in [7, 11) is 0. The van der Waals surface area contributed by atoms with Crippen LogP contribution in [0.4, 0.5) is 4.39 Å². The van der Waals surface area contributed by atoms with E-state index in [1.807, 2.05) is 0 Å². The summed E-state index contributed by atoms with van der Waals surface area (Å²) in [5, 5.41) is 3.22. The van der Waals surface area contributed by atoms with Gasteiger partial charge in [-0.1, -0.05) is 0 Å². The minimum atomic E-state index is -0.744. The topological polar surface area (TPSA) is 21.3 Å². The number of halogens is 1. The molecule has 2 nitrogen and oxygen atoms in total. The molecule has 2 rings (SSSR count). The summed E-state index contributed by atoms with van der Waals surface area (Å²) in [6, 6.07) is 0. The molecule has 1 spiro atoms. The fourth-order valence-corrected chi connectivity index (χ4v) is 2.04. The van der Waals surface area contributed by atoms with Gasteiger partial charge < -0.3 is 10.1 Å². The minimum absolute atomic E-state index is 0.0712. The first kappa shape index (κ1) is 7.50. The van der Waals surface area contributed by atoms with Crippen molar-refractivity contribution < 1.29 is 9.13 Å². The zero-order valence-corrected chi connectivity index (χ0v) is 6.61. The van der Waals surface area contributed by atoms with E-state index in [1.165, 1.54) is 0 Å². The largest absolute Gasteiger partial charge is 0.378 e. The van der Waals surface area contributed by atoms with Crippen LogP contribution in [0, 0.1) is 5.41 Å². The third kappa shape index (κ3) is 1.16. The van der Waals surface area contributed by atoms with Crippen LogP contribution in [0.5, 0.6) is 0 Å². The van der Waals surface area contributed by atoms with Gasteiger partial charge in [-0.15, -0.1) is 0 Å². The first-order valence-corrected chi connectivity index (χ1v) is 4.26. The van der Waals surface area contributed by atoms with Crippen molar-refractivity contribution in [1.29, 1.82) is 0 Å². The Bertz CT molecular complexity index is 145. The molecule has 0 radical (unpaired) electrons. The lowest BCUT2D eigenvalue weighted by molar-refractivity contribution is -0.0479. The first-order valence-electron chi connectivity index (χ1n) is 4.26. The molecule has 2 heterocycles. The van der Waals surface area contributed by atoms with E-state index in [0.29, 0.717) is 6.61 Å². The van der Waals surface area contributed by atoms with Crippen molar-refractivity contribution in [2.75, 3.05) is 26.3 Å². The van der Waals surface area contributed by atoms with Crippen LogP contribution in [0.25, 0.3) is 0 Å². The lowest BCUT2D eigenvalue weighted by atomic mass is 9.78. The maximum Gasteiger partial charge on any atom is 0.130 e. The molecule has 0 aliphatic carbocycles. The number of alkyl halides is 1. The van der Waals surface area contributed by atoms with Crippen molar-refractivity contribution in [3.05, 3.63) is 0 Å². The van der Waals surface area contributed by atoms with Gasteiger partial charge in [0.2, 0.25) is 0 Å². The zero-order valence-electron chi connectivity index (χ0n) is 6.61. The van der Waals surface area contributed by atoms with E-state index < -0.39 is 6.17 Å². The second-order valence-electron chi connectivity index (χ2n) is 3.58. The minimum Gasteiger partial charge on any atom is -0.378 e. The number of hydrogen-bond donors (Lipinski definition) is 1. The van der Waals surface area contributed by atoms with E-state index in [2.05, 4.69) is 5.32 Å². The average Bonchev–Trinajstić information content (AvgIpc) is 2.46. The maximum absolute atomic E-state index is 13.4. The van der Waals surface area contributed by atoms with Crippen LogP contribution in [0.1, 0.15) is 12.8 Å². The quantitative estimate of drug-likeness (QED) is 0.562. The molecule has 0 saturated carbocycles. The monoisotopic (exact) mass is 159 g/mol. The SMILES string of the molecule is FC1COCCC12CCNC2. The summed E-state index contributed by atoms with van der Waals surface area (Å²) in [4.78, 5) is 0. The van der Waals surface area contributed by atoms with Gasteiger partial charge in [-0.2, -0.15) is 0 Å². The summed E-state index contributed by atoms with van der Waals surface area (Å²) in [6.45, 7) is 2.86. The summed E-state index contributed by atoms with van der Waals surface area (Å²) in [5.74, 6) is 0. The lowest BCUT2D eigenvalue weighted by Gasteiger charge is -2.35. The number of rotatable bonds is 0. The molecular weight excluding hydrogens is 145 g/mol. The molecule has 1 N–H and O–H groups in total. The zero-order chi connectivity index (χ0) is 7.73. The van der Waals surface area contributed by atoms with E-state index in [4.69, 9.17) is 4.74 Å². The van der Waals surface area contributed by atoms with E-state index in [9.17, 15) is 4.39 Å². The Morgan fingerprint density at radius 1 is 1.45 bits per heavy atom. The van der Waals surface area contributed by atoms with E-state index >= 15 is 0 Å². The van der Waals surface area contributed by atoms with Gasteiger partial charge in [0.05, 0.1) is 6.61 Å². The molecule has 11 heavy (non-hydrogen) atoms. The van der Waals surface area contributed by atoms with Gasteiger partial charge in [-0.3, -0.25) is 0 Å².